The standard InChI is InChI=1S/C24H41O7P/c1-5-8-15-28-18-21-22(29-16-9-6-2)23(30-17-10-7-3)24(25)32(26,31-21)20-13-11-19(27-4)12-14-20/h11-14,21-25H,5-10,15-18H2,1-4H3/t21-,22-,23+,24?,32?/m1/s1. The summed E-state index contributed by atoms with van der Waals surface area (Å²) in [4.78, 5) is 0. The second kappa shape index (κ2) is 14.3. The molecule has 0 amide bonds. The van der Waals surface area contributed by atoms with Crippen molar-refractivity contribution in [2.45, 2.75) is 83.5 Å². The Bertz CT molecular complexity index is 681. The van der Waals surface area contributed by atoms with Crippen molar-refractivity contribution in [2.75, 3.05) is 33.5 Å². The van der Waals surface area contributed by atoms with Gasteiger partial charge in [-0.3, -0.25) is 4.57 Å². The minimum atomic E-state index is -3.67. The van der Waals surface area contributed by atoms with Crippen molar-refractivity contribution < 1.29 is 33.1 Å². The lowest BCUT2D eigenvalue weighted by Gasteiger charge is -2.44. The van der Waals surface area contributed by atoms with Crippen LogP contribution in [0.4, 0.5) is 0 Å². The fourth-order valence-electron chi connectivity index (χ4n) is 3.58. The van der Waals surface area contributed by atoms with Crippen molar-refractivity contribution in [1.82, 2.24) is 0 Å². The van der Waals surface area contributed by atoms with E-state index < -0.39 is 31.5 Å². The first-order valence-corrected chi connectivity index (χ1v) is 13.6. The molecular formula is C24H41O7P. The summed E-state index contributed by atoms with van der Waals surface area (Å²) in [6.45, 7) is 8.07. The minimum Gasteiger partial charge on any atom is -0.497 e. The van der Waals surface area contributed by atoms with Gasteiger partial charge in [-0.15, -0.1) is 0 Å². The van der Waals surface area contributed by atoms with Gasteiger partial charge in [0, 0.05) is 25.1 Å². The van der Waals surface area contributed by atoms with E-state index in [9.17, 15) is 9.67 Å². The Balaban J connectivity index is 2.33. The van der Waals surface area contributed by atoms with Crippen molar-refractivity contribution in [3.63, 3.8) is 0 Å². The number of aliphatic hydroxyl groups is 1. The van der Waals surface area contributed by atoms with Crippen LogP contribution in [0.3, 0.4) is 0 Å². The van der Waals surface area contributed by atoms with Crippen molar-refractivity contribution >= 4 is 12.7 Å². The molecule has 8 heteroatoms. The summed E-state index contributed by atoms with van der Waals surface area (Å²) < 4.78 is 43.5. The summed E-state index contributed by atoms with van der Waals surface area (Å²) in [7, 11) is -2.09. The quantitative estimate of drug-likeness (QED) is 0.297. The highest BCUT2D eigenvalue weighted by molar-refractivity contribution is 7.67. The minimum absolute atomic E-state index is 0.233. The average Bonchev–Trinajstić information content (AvgIpc) is 2.81. The number of methoxy groups -OCH3 is 1. The molecule has 1 fully saturated rings. The predicted molar refractivity (Wildman–Crippen MR) is 126 cm³/mol. The van der Waals surface area contributed by atoms with Crippen LogP contribution in [0.15, 0.2) is 24.3 Å². The van der Waals surface area contributed by atoms with Crippen LogP contribution in [-0.2, 0) is 23.3 Å². The molecule has 0 radical (unpaired) electrons. The second-order valence-electron chi connectivity index (χ2n) is 8.16. The summed E-state index contributed by atoms with van der Waals surface area (Å²) >= 11 is 0. The molecule has 0 aromatic heterocycles. The second-order valence-corrected chi connectivity index (χ2v) is 10.6. The van der Waals surface area contributed by atoms with Crippen LogP contribution in [0.1, 0.15) is 59.3 Å². The summed E-state index contributed by atoms with van der Waals surface area (Å²) in [6, 6.07) is 6.79. The molecule has 1 aromatic rings. The number of rotatable bonds is 15. The zero-order valence-electron chi connectivity index (χ0n) is 20.0. The normalized spacial score (nSPS) is 28.0. The predicted octanol–water partition coefficient (Wildman–Crippen LogP) is 4.50. The zero-order valence-corrected chi connectivity index (χ0v) is 20.9. The smallest absolute Gasteiger partial charge is 0.262 e. The van der Waals surface area contributed by atoms with Crippen molar-refractivity contribution in [3.8, 4) is 5.75 Å². The largest absolute Gasteiger partial charge is 0.497 e. The Morgan fingerprint density at radius 2 is 1.47 bits per heavy atom. The Hall–Kier alpha value is -0.950. The molecule has 32 heavy (non-hydrogen) atoms. The molecule has 1 N–H and O–H groups in total. The molecule has 1 saturated heterocycles. The third-order valence-corrected chi connectivity index (χ3v) is 8.19. The lowest BCUT2D eigenvalue weighted by molar-refractivity contribution is -0.166. The third-order valence-electron chi connectivity index (χ3n) is 5.60. The highest BCUT2D eigenvalue weighted by Crippen LogP contribution is 2.57. The van der Waals surface area contributed by atoms with E-state index in [1.807, 2.05) is 0 Å². The fraction of sp³-hybridized carbons (Fsp3) is 0.750. The van der Waals surface area contributed by atoms with E-state index in [2.05, 4.69) is 20.8 Å². The topological polar surface area (TPSA) is 83.5 Å². The third kappa shape index (κ3) is 7.28. The molecule has 7 nitrogen and oxygen atoms in total. The van der Waals surface area contributed by atoms with E-state index in [0.29, 0.717) is 30.9 Å². The molecule has 1 aliphatic heterocycles. The van der Waals surface area contributed by atoms with Gasteiger partial charge in [-0.2, -0.15) is 0 Å². The van der Waals surface area contributed by atoms with Crippen LogP contribution in [-0.4, -0.2) is 62.8 Å². The maximum Gasteiger partial charge on any atom is 0.262 e. The Morgan fingerprint density at radius 1 is 0.906 bits per heavy atom. The number of hydrogen-bond donors (Lipinski definition) is 1. The summed E-state index contributed by atoms with van der Waals surface area (Å²) in [5, 5.41) is 11.7. The maximum absolute atomic E-state index is 14.1. The van der Waals surface area contributed by atoms with Crippen molar-refractivity contribution in [3.05, 3.63) is 24.3 Å². The lowest BCUT2D eigenvalue weighted by atomic mass is 10.1. The van der Waals surface area contributed by atoms with Gasteiger partial charge in [-0.05, 0) is 43.5 Å². The van der Waals surface area contributed by atoms with E-state index >= 15 is 0 Å². The fourth-order valence-corrected chi connectivity index (χ4v) is 5.93. The summed E-state index contributed by atoms with van der Waals surface area (Å²) in [5.74, 6) is -0.686. The van der Waals surface area contributed by atoms with Gasteiger partial charge in [-0.25, -0.2) is 0 Å². The van der Waals surface area contributed by atoms with E-state index in [1.165, 1.54) is 0 Å². The molecule has 2 unspecified atom stereocenters. The number of unbranched alkanes of at least 4 members (excludes halogenated alkanes) is 3. The van der Waals surface area contributed by atoms with Gasteiger partial charge in [0.15, 0.2) is 5.85 Å². The molecule has 2 rings (SSSR count). The van der Waals surface area contributed by atoms with Crippen LogP contribution in [0, 0.1) is 0 Å². The van der Waals surface area contributed by atoms with Gasteiger partial charge in [0.25, 0.3) is 7.37 Å². The molecular weight excluding hydrogens is 431 g/mol. The van der Waals surface area contributed by atoms with Gasteiger partial charge >= 0.3 is 0 Å². The Morgan fingerprint density at radius 3 is 2.03 bits per heavy atom. The monoisotopic (exact) mass is 472 g/mol. The number of benzene rings is 1. The van der Waals surface area contributed by atoms with Crippen molar-refractivity contribution in [1.29, 1.82) is 0 Å². The summed E-state index contributed by atoms with van der Waals surface area (Å²) in [5.41, 5.74) is 0. The van der Waals surface area contributed by atoms with Crippen LogP contribution in [0.25, 0.3) is 0 Å². The first-order valence-electron chi connectivity index (χ1n) is 11.9. The molecule has 1 aromatic carbocycles. The Labute approximate surface area is 193 Å². The highest BCUT2D eigenvalue weighted by Gasteiger charge is 2.54. The molecule has 0 saturated carbocycles. The maximum atomic E-state index is 14.1. The number of aliphatic hydroxyl groups excluding tert-OH is 1. The molecule has 0 bridgehead atoms. The van der Waals surface area contributed by atoms with Gasteiger partial charge < -0.3 is 28.6 Å². The Kier molecular flexibility index (Phi) is 12.2. The number of hydrogen-bond acceptors (Lipinski definition) is 7. The SMILES string of the molecule is CCCCOC[C@H]1OP(=O)(c2ccc(OC)cc2)C(O)[C@@H](OCCCC)[C@@H]1OCCCC. The van der Waals surface area contributed by atoms with Crippen molar-refractivity contribution in [2.24, 2.45) is 0 Å². The van der Waals surface area contributed by atoms with Gasteiger partial charge in [-0.1, -0.05) is 40.0 Å². The van der Waals surface area contributed by atoms with E-state index in [4.69, 9.17) is 23.5 Å². The molecule has 5 atom stereocenters. The molecule has 0 spiro atoms. The van der Waals surface area contributed by atoms with E-state index in [1.54, 1.807) is 31.4 Å². The highest BCUT2D eigenvalue weighted by atomic mass is 31.2. The van der Waals surface area contributed by atoms with E-state index in [0.717, 1.165) is 38.5 Å². The lowest BCUT2D eigenvalue weighted by Crippen LogP contribution is -2.55. The average molecular weight is 473 g/mol. The first-order chi connectivity index (χ1) is 15.5. The molecule has 0 aliphatic carbocycles. The van der Waals surface area contributed by atoms with Gasteiger partial charge in [0.1, 0.15) is 24.1 Å². The number of ether oxygens (including phenoxy) is 4. The van der Waals surface area contributed by atoms with E-state index in [-0.39, 0.29) is 6.61 Å². The van der Waals surface area contributed by atoms with Gasteiger partial charge in [0.05, 0.1) is 13.7 Å². The van der Waals surface area contributed by atoms with Gasteiger partial charge in [0.2, 0.25) is 0 Å². The molecule has 1 aliphatic rings. The van der Waals surface area contributed by atoms with Crippen LogP contribution in [0.2, 0.25) is 0 Å². The summed E-state index contributed by atoms with van der Waals surface area (Å²) in [6.07, 6.45) is 3.70. The zero-order chi connectivity index (χ0) is 23.4. The van der Waals surface area contributed by atoms with Crippen LogP contribution in [0.5, 0.6) is 5.75 Å². The molecule has 1 heterocycles. The van der Waals surface area contributed by atoms with Crippen LogP contribution >= 0.6 is 7.37 Å². The first kappa shape index (κ1) is 27.3. The van der Waals surface area contributed by atoms with Crippen LogP contribution < -0.4 is 10.0 Å². The molecule has 184 valence electrons.